The Bertz CT molecular complexity index is 1050. The van der Waals surface area contributed by atoms with Crippen LogP contribution in [0.3, 0.4) is 0 Å². The Hall–Kier alpha value is -2.91. The standard InChI is InChI=1S/C16H14F4N4O3S/c1-9(16(18,19)20)23-28(26,27)11-6-13(24(2)8-11)15(25)22-12-5-3-4-10(7-21)14(12)17/h3-6,8-9,23H,1-2H3,(H,22,25). The molecule has 7 nitrogen and oxygen atoms in total. The number of alkyl halides is 3. The molecule has 0 aliphatic carbocycles. The van der Waals surface area contributed by atoms with Gasteiger partial charge in [0.1, 0.15) is 22.7 Å². The van der Waals surface area contributed by atoms with Gasteiger partial charge in [0, 0.05) is 13.2 Å². The number of hydrogen-bond donors (Lipinski definition) is 2. The van der Waals surface area contributed by atoms with Gasteiger partial charge in [-0.15, -0.1) is 0 Å². The Morgan fingerprint density at radius 3 is 2.54 bits per heavy atom. The highest BCUT2D eigenvalue weighted by atomic mass is 32.2. The molecule has 1 unspecified atom stereocenters. The van der Waals surface area contributed by atoms with Crippen LogP contribution >= 0.6 is 0 Å². The normalized spacial score (nSPS) is 13.0. The molecule has 0 radical (unpaired) electrons. The Balaban J connectivity index is 2.29. The molecule has 2 N–H and O–H groups in total. The maximum atomic E-state index is 14.0. The lowest BCUT2D eigenvalue weighted by Gasteiger charge is -2.16. The second-order valence-electron chi connectivity index (χ2n) is 5.79. The number of nitrogens with zero attached hydrogens (tertiary/aromatic N) is 2. The van der Waals surface area contributed by atoms with Crippen LogP contribution < -0.4 is 10.0 Å². The summed E-state index contributed by atoms with van der Waals surface area (Å²) in [5.41, 5.74) is -0.862. The van der Waals surface area contributed by atoms with E-state index in [1.54, 1.807) is 6.07 Å². The van der Waals surface area contributed by atoms with Crippen molar-refractivity contribution in [2.45, 2.75) is 24.0 Å². The minimum absolute atomic E-state index is 0.248. The lowest BCUT2D eigenvalue weighted by Crippen LogP contribution is -2.42. The van der Waals surface area contributed by atoms with E-state index in [4.69, 9.17) is 5.26 Å². The Morgan fingerprint density at radius 2 is 1.96 bits per heavy atom. The molecule has 28 heavy (non-hydrogen) atoms. The average molecular weight is 418 g/mol. The molecule has 0 aliphatic rings. The summed E-state index contributed by atoms with van der Waals surface area (Å²) in [4.78, 5) is 11.8. The second-order valence-corrected chi connectivity index (χ2v) is 7.50. The van der Waals surface area contributed by atoms with Crippen molar-refractivity contribution in [3.8, 4) is 6.07 Å². The van der Waals surface area contributed by atoms with Gasteiger partial charge < -0.3 is 9.88 Å². The van der Waals surface area contributed by atoms with Crippen molar-refractivity contribution in [2.24, 2.45) is 7.05 Å². The maximum absolute atomic E-state index is 14.0. The van der Waals surface area contributed by atoms with Crippen molar-refractivity contribution in [3.63, 3.8) is 0 Å². The number of sulfonamides is 1. The van der Waals surface area contributed by atoms with Gasteiger partial charge in [-0.3, -0.25) is 4.79 Å². The van der Waals surface area contributed by atoms with Crippen LogP contribution in [-0.4, -0.2) is 31.1 Å². The molecule has 0 fully saturated rings. The number of nitrogens with one attached hydrogen (secondary N) is 2. The molecule has 1 atom stereocenters. The van der Waals surface area contributed by atoms with Crippen molar-refractivity contribution in [1.29, 1.82) is 5.26 Å². The van der Waals surface area contributed by atoms with Crippen LogP contribution in [0.2, 0.25) is 0 Å². The lowest BCUT2D eigenvalue weighted by molar-refractivity contribution is -0.147. The highest BCUT2D eigenvalue weighted by Gasteiger charge is 2.39. The Labute approximate surface area is 157 Å². The van der Waals surface area contributed by atoms with Crippen molar-refractivity contribution >= 4 is 21.6 Å². The van der Waals surface area contributed by atoms with E-state index < -0.39 is 38.9 Å². The summed E-state index contributed by atoms with van der Waals surface area (Å²) in [5, 5.41) is 11.0. The average Bonchev–Trinajstić information content (AvgIpc) is 2.98. The fourth-order valence-corrected chi connectivity index (χ4v) is 3.47. The predicted octanol–water partition coefficient (Wildman–Crippen LogP) is 2.52. The molecule has 0 bridgehead atoms. The van der Waals surface area contributed by atoms with Crippen LogP contribution in [0.5, 0.6) is 0 Å². The molecule has 2 rings (SSSR count). The number of rotatable bonds is 5. The summed E-state index contributed by atoms with van der Waals surface area (Å²) >= 11 is 0. The summed E-state index contributed by atoms with van der Waals surface area (Å²) in [6.07, 6.45) is -3.84. The summed E-state index contributed by atoms with van der Waals surface area (Å²) in [6.45, 7) is 0.638. The zero-order chi connectivity index (χ0) is 21.3. The molecular formula is C16H14F4N4O3S. The first-order valence-electron chi connectivity index (χ1n) is 7.62. The Morgan fingerprint density at radius 1 is 1.32 bits per heavy atom. The van der Waals surface area contributed by atoms with Gasteiger partial charge in [0.05, 0.1) is 11.3 Å². The molecule has 0 spiro atoms. The van der Waals surface area contributed by atoms with Gasteiger partial charge in [0.15, 0.2) is 5.82 Å². The number of carbonyl (C=O) groups excluding carboxylic acids is 1. The molecule has 1 amide bonds. The van der Waals surface area contributed by atoms with Crippen molar-refractivity contribution in [1.82, 2.24) is 9.29 Å². The number of amides is 1. The second kappa shape index (κ2) is 7.61. The number of halogens is 4. The number of anilines is 1. The minimum atomic E-state index is -4.79. The summed E-state index contributed by atoms with van der Waals surface area (Å²) in [7, 11) is -3.26. The molecule has 1 aromatic heterocycles. The van der Waals surface area contributed by atoms with Crippen molar-refractivity contribution in [2.75, 3.05) is 5.32 Å². The smallest absolute Gasteiger partial charge is 0.345 e. The largest absolute Gasteiger partial charge is 0.404 e. The zero-order valence-corrected chi connectivity index (χ0v) is 15.3. The van der Waals surface area contributed by atoms with Crippen molar-refractivity contribution < 1.29 is 30.8 Å². The lowest BCUT2D eigenvalue weighted by atomic mass is 10.2. The SMILES string of the molecule is CC(NS(=O)(=O)c1cc(C(=O)Nc2cccc(C#N)c2F)n(C)c1)C(F)(F)F. The minimum Gasteiger partial charge on any atom is -0.345 e. The van der Waals surface area contributed by atoms with Gasteiger partial charge in [0.25, 0.3) is 5.91 Å². The maximum Gasteiger partial charge on any atom is 0.404 e. The van der Waals surface area contributed by atoms with E-state index in [9.17, 15) is 30.8 Å². The molecule has 2 aromatic rings. The van der Waals surface area contributed by atoms with Crippen molar-refractivity contribution in [3.05, 3.63) is 47.5 Å². The van der Waals surface area contributed by atoms with E-state index in [1.165, 1.54) is 30.0 Å². The monoisotopic (exact) mass is 418 g/mol. The zero-order valence-electron chi connectivity index (χ0n) is 14.5. The van der Waals surface area contributed by atoms with Gasteiger partial charge in [-0.1, -0.05) is 6.07 Å². The van der Waals surface area contributed by atoms with E-state index in [0.717, 1.165) is 16.8 Å². The molecule has 12 heteroatoms. The fourth-order valence-electron chi connectivity index (χ4n) is 2.18. The molecular weight excluding hydrogens is 404 g/mol. The quantitative estimate of drug-likeness (QED) is 0.728. The number of nitriles is 1. The number of hydrogen-bond acceptors (Lipinski definition) is 4. The number of benzene rings is 1. The summed E-state index contributed by atoms with van der Waals surface area (Å²) in [5.74, 6) is -1.89. The predicted molar refractivity (Wildman–Crippen MR) is 90.3 cm³/mol. The molecule has 0 saturated heterocycles. The number of aromatic nitrogens is 1. The topological polar surface area (TPSA) is 104 Å². The van der Waals surface area contributed by atoms with Gasteiger partial charge in [-0.25, -0.2) is 12.8 Å². The molecule has 1 aromatic carbocycles. The first-order valence-corrected chi connectivity index (χ1v) is 9.10. The fraction of sp³-hybridized carbons (Fsp3) is 0.250. The first-order chi connectivity index (χ1) is 12.9. The van der Waals surface area contributed by atoms with Gasteiger partial charge in [-0.05, 0) is 25.1 Å². The third kappa shape index (κ3) is 4.49. The number of carbonyl (C=O) groups is 1. The van der Waals surface area contributed by atoms with E-state index >= 15 is 0 Å². The van der Waals surface area contributed by atoms with Crippen LogP contribution in [0, 0.1) is 17.1 Å². The van der Waals surface area contributed by atoms with Crippen LogP contribution in [-0.2, 0) is 17.1 Å². The van der Waals surface area contributed by atoms with Gasteiger partial charge in [0.2, 0.25) is 10.0 Å². The molecule has 150 valence electrons. The Kier molecular flexibility index (Phi) is 5.81. The number of aryl methyl sites for hydroxylation is 1. The molecule has 0 saturated carbocycles. The van der Waals surface area contributed by atoms with Gasteiger partial charge in [-0.2, -0.15) is 23.2 Å². The van der Waals surface area contributed by atoms with Gasteiger partial charge >= 0.3 is 6.18 Å². The van der Waals surface area contributed by atoms with E-state index in [-0.39, 0.29) is 16.9 Å². The van der Waals surface area contributed by atoms with Crippen LogP contribution in [0.1, 0.15) is 23.0 Å². The third-order valence-electron chi connectivity index (χ3n) is 3.71. The van der Waals surface area contributed by atoms with Crippen LogP contribution in [0.25, 0.3) is 0 Å². The van der Waals surface area contributed by atoms with E-state index in [1.807, 2.05) is 0 Å². The first kappa shape index (κ1) is 21.4. The summed E-state index contributed by atoms with van der Waals surface area (Å²) < 4.78 is 78.6. The van der Waals surface area contributed by atoms with E-state index in [0.29, 0.717) is 6.92 Å². The third-order valence-corrected chi connectivity index (χ3v) is 5.22. The molecule has 0 aliphatic heterocycles. The van der Waals surface area contributed by atoms with E-state index in [2.05, 4.69) is 5.32 Å². The highest BCUT2D eigenvalue weighted by Crippen LogP contribution is 2.23. The van der Waals surface area contributed by atoms with Crippen LogP contribution in [0.15, 0.2) is 35.4 Å². The summed E-state index contributed by atoms with van der Waals surface area (Å²) in [6, 6.07) is 3.85. The molecule has 1 heterocycles. The highest BCUT2D eigenvalue weighted by molar-refractivity contribution is 7.89. The van der Waals surface area contributed by atoms with Crippen LogP contribution in [0.4, 0.5) is 23.2 Å².